The van der Waals surface area contributed by atoms with Gasteiger partial charge in [-0.05, 0) is 79.0 Å². The molecule has 34 heavy (non-hydrogen) atoms. The monoisotopic (exact) mass is 467 g/mol. The lowest BCUT2D eigenvalue weighted by molar-refractivity contribution is -0.118. The fourth-order valence-corrected chi connectivity index (χ4v) is 3.27. The number of nitrogens with one attached hydrogen (secondary N) is 1. The minimum atomic E-state index is -0.239. The third kappa shape index (κ3) is 12.5. The van der Waals surface area contributed by atoms with E-state index in [2.05, 4.69) is 51.4 Å². The number of amides is 1. The van der Waals surface area contributed by atoms with Crippen LogP contribution in [0.2, 0.25) is 0 Å². The van der Waals surface area contributed by atoms with Crippen molar-refractivity contribution >= 4 is 11.5 Å². The fourth-order valence-electron chi connectivity index (χ4n) is 3.27. The van der Waals surface area contributed by atoms with Gasteiger partial charge in [-0.15, -0.1) is 5.73 Å². The Kier molecular flexibility index (Phi) is 13.1. The second kappa shape index (κ2) is 15.2. The van der Waals surface area contributed by atoms with Crippen LogP contribution in [-0.2, 0) is 4.79 Å². The molecule has 1 aliphatic rings. The Morgan fingerprint density at radius 1 is 1.26 bits per heavy atom. The summed E-state index contributed by atoms with van der Waals surface area (Å²) in [5.74, 6) is 3.25. The van der Waals surface area contributed by atoms with Crippen molar-refractivity contribution in [1.82, 2.24) is 5.32 Å². The van der Waals surface area contributed by atoms with E-state index in [9.17, 15) is 4.79 Å². The standard InChI is InChI=1S/C23H33N3O2.C6H12/c1-6-20(11-22(25)8-7-19(13-24)14-26-18(5)27)21-9-17(4)10-23(12-21)28-15-16(2)3;1-5(2)6-3-4-6/h7-10,12-13,16,22H,1,11,14-15,24-25H2,2-5H3,(H,26,27);5-6H,3-4H2,1-2H3/b8-7-,19-13+;. The molecule has 0 radical (unpaired) electrons. The molecule has 1 atom stereocenters. The average Bonchev–Trinajstić information content (AvgIpc) is 3.62. The van der Waals surface area contributed by atoms with Crippen molar-refractivity contribution in [3.8, 4) is 5.75 Å². The fraction of sp³-hybridized carbons (Fsp3) is 0.517. The summed E-state index contributed by atoms with van der Waals surface area (Å²) in [4.78, 5) is 11.0. The van der Waals surface area contributed by atoms with Crippen LogP contribution in [0, 0.1) is 24.7 Å². The van der Waals surface area contributed by atoms with Crippen LogP contribution < -0.4 is 21.5 Å². The Balaban J connectivity index is 0.000000830. The van der Waals surface area contributed by atoms with Crippen LogP contribution >= 0.6 is 0 Å². The van der Waals surface area contributed by atoms with Gasteiger partial charge in [-0.2, -0.15) is 0 Å². The first kappa shape index (κ1) is 29.3. The summed E-state index contributed by atoms with van der Waals surface area (Å²) in [5, 5.41) is 2.71. The van der Waals surface area contributed by atoms with E-state index in [1.165, 1.54) is 26.0 Å². The number of ether oxygens (including phenoxy) is 1. The molecule has 0 aliphatic heterocycles. The third-order valence-corrected chi connectivity index (χ3v) is 5.51. The maximum atomic E-state index is 11.0. The lowest BCUT2D eigenvalue weighted by atomic mass is 9.97. The lowest BCUT2D eigenvalue weighted by Gasteiger charge is -2.14. The van der Waals surface area contributed by atoms with Gasteiger partial charge in [0.1, 0.15) is 5.75 Å². The zero-order valence-electron chi connectivity index (χ0n) is 22.0. The first-order valence-corrected chi connectivity index (χ1v) is 12.3. The normalized spacial score (nSPS) is 14.4. The highest BCUT2D eigenvalue weighted by Crippen LogP contribution is 2.35. The predicted octanol–water partition coefficient (Wildman–Crippen LogP) is 5.50. The van der Waals surface area contributed by atoms with Crippen molar-refractivity contribution in [3.63, 3.8) is 0 Å². The molecule has 5 nitrogen and oxygen atoms in total. The van der Waals surface area contributed by atoms with Gasteiger partial charge in [0.15, 0.2) is 0 Å². The molecule has 5 N–H and O–H groups in total. The molecule has 1 saturated carbocycles. The Bertz CT molecular complexity index is 889. The summed E-state index contributed by atoms with van der Waals surface area (Å²) in [6.07, 6.45) is 8.72. The highest BCUT2D eigenvalue weighted by Gasteiger charge is 2.24. The minimum absolute atomic E-state index is 0.108. The Hall–Kier alpha value is -2.75. The molecule has 1 fully saturated rings. The van der Waals surface area contributed by atoms with Crippen LogP contribution in [0.25, 0.3) is 5.57 Å². The number of hydrogen-bond donors (Lipinski definition) is 3. The second-order valence-corrected chi connectivity index (χ2v) is 9.85. The van der Waals surface area contributed by atoms with Crippen molar-refractivity contribution in [2.75, 3.05) is 13.2 Å². The molecule has 0 aromatic heterocycles. The Morgan fingerprint density at radius 2 is 1.94 bits per heavy atom. The number of aryl methyl sites for hydroxylation is 1. The molecule has 0 saturated heterocycles. The van der Waals surface area contributed by atoms with Gasteiger partial charge in [0.05, 0.1) is 6.61 Å². The molecule has 2 rings (SSSR count). The molecule has 0 spiro atoms. The molecule has 188 valence electrons. The van der Waals surface area contributed by atoms with Gasteiger partial charge in [-0.1, -0.05) is 52.5 Å². The van der Waals surface area contributed by atoms with Gasteiger partial charge >= 0.3 is 0 Å². The second-order valence-electron chi connectivity index (χ2n) is 9.85. The molecule has 0 heterocycles. The van der Waals surface area contributed by atoms with Crippen LogP contribution in [0.15, 0.2) is 54.4 Å². The minimum Gasteiger partial charge on any atom is -0.493 e. The van der Waals surface area contributed by atoms with Crippen molar-refractivity contribution in [1.29, 1.82) is 0 Å². The van der Waals surface area contributed by atoms with E-state index in [1.54, 1.807) is 0 Å². The number of hydrogen-bond acceptors (Lipinski definition) is 4. The summed E-state index contributed by atoms with van der Waals surface area (Å²) in [7, 11) is 0. The van der Waals surface area contributed by atoms with Gasteiger partial charge in [-0.3, -0.25) is 4.79 Å². The summed E-state index contributed by atoms with van der Waals surface area (Å²) in [6.45, 7) is 17.2. The zero-order chi connectivity index (χ0) is 25.7. The molecular weight excluding hydrogens is 422 g/mol. The van der Waals surface area contributed by atoms with E-state index in [0.717, 1.165) is 39.9 Å². The van der Waals surface area contributed by atoms with Crippen LogP contribution in [-0.4, -0.2) is 25.1 Å². The average molecular weight is 468 g/mol. The van der Waals surface area contributed by atoms with Crippen molar-refractivity contribution in [2.45, 2.75) is 66.8 Å². The van der Waals surface area contributed by atoms with E-state index < -0.39 is 0 Å². The Labute approximate surface area is 207 Å². The van der Waals surface area contributed by atoms with E-state index in [-0.39, 0.29) is 11.9 Å². The van der Waals surface area contributed by atoms with E-state index in [4.69, 9.17) is 16.2 Å². The van der Waals surface area contributed by atoms with E-state index in [1.807, 2.05) is 31.2 Å². The summed E-state index contributed by atoms with van der Waals surface area (Å²) >= 11 is 0. The van der Waals surface area contributed by atoms with E-state index >= 15 is 0 Å². The third-order valence-electron chi connectivity index (χ3n) is 5.51. The SMILES string of the molecule is C=C=C(CC(N)/C=C\C(=C/N)CNC(C)=O)c1cc(C)cc(OCC(C)C)c1.CC(C)C1CC1. The van der Waals surface area contributed by atoms with Gasteiger partial charge in [0.25, 0.3) is 0 Å². The number of nitrogens with two attached hydrogens (primary N) is 2. The van der Waals surface area contributed by atoms with E-state index in [0.29, 0.717) is 25.5 Å². The largest absolute Gasteiger partial charge is 0.493 e. The number of carbonyl (C=O) groups excluding carboxylic acids is 1. The first-order valence-electron chi connectivity index (χ1n) is 12.3. The number of carbonyl (C=O) groups is 1. The summed E-state index contributed by atoms with van der Waals surface area (Å²) in [6, 6.07) is 5.86. The molecule has 1 aromatic carbocycles. The smallest absolute Gasteiger partial charge is 0.217 e. The summed E-state index contributed by atoms with van der Waals surface area (Å²) < 4.78 is 5.87. The van der Waals surface area contributed by atoms with Crippen LogP contribution in [0.5, 0.6) is 5.75 Å². The molecule has 1 aliphatic carbocycles. The van der Waals surface area contributed by atoms with Gasteiger partial charge in [0.2, 0.25) is 5.91 Å². The Morgan fingerprint density at radius 3 is 2.41 bits per heavy atom. The number of rotatable bonds is 11. The molecule has 1 aromatic rings. The molecular formula is C29H45N3O2. The van der Waals surface area contributed by atoms with Crippen molar-refractivity contribution in [3.05, 3.63) is 65.6 Å². The van der Waals surface area contributed by atoms with Crippen LogP contribution in [0.3, 0.4) is 0 Å². The molecule has 1 amide bonds. The first-order chi connectivity index (χ1) is 16.0. The highest BCUT2D eigenvalue weighted by atomic mass is 16.5. The van der Waals surface area contributed by atoms with Crippen molar-refractivity contribution in [2.24, 2.45) is 29.2 Å². The maximum Gasteiger partial charge on any atom is 0.217 e. The van der Waals surface area contributed by atoms with Gasteiger partial charge < -0.3 is 21.5 Å². The zero-order valence-corrected chi connectivity index (χ0v) is 22.0. The molecule has 0 bridgehead atoms. The van der Waals surface area contributed by atoms with Gasteiger partial charge in [0, 0.05) is 25.1 Å². The summed E-state index contributed by atoms with van der Waals surface area (Å²) in [5.41, 5.74) is 18.7. The van der Waals surface area contributed by atoms with Gasteiger partial charge in [-0.25, -0.2) is 0 Å². The maximum absolute atomic E-state index is 11.0. The highest BCUT2D eigenvalue weighted by molar-refractivity contribution is 5.73. The molecule has 5 heteroatoms. The number of benzene rings is 1. The predicted molar refractivity (Wildman–Crippen MR) is 144 cm³/mol. The molecule has 1 unspecified atom stereocenters. The van der Waals surface area contributed by atoms with Crippen LogP contribution in [0.1, 0.15) is 65.0 Å². The lowest BCUT2D eigenvalue weighted by Crippen LogP contribution is -2.23. The van der Waals surface area contributed by atoms with Crippen LogP contribution in [0.4, 0.5) is 0 Å². The quantitative estimate of drug-likeness (QED) is 0.296. The van der Waals surface area contributed by atoms with Crippen molar-refractivity contribution < 1.29 is 9.53 Å². The topological polar surface area (TPSA) is 90.4 Å².